The minimum absolute atomic E-state index is 0.0165. The maximum absolute atomic E-state index is 11.6. The standard InChI is InChI=1S/C13H27NO4S/c1-11(2)5-7-18-8-10-19(16,17)9-6-14-13(15)12(3)4/h11-12H,5-10H2,1-4H3,(H,14,15). The van der Waals surface area contributed by atoms with Crippen LogP contribution in [0.15, 0.2) is 0 Å². The van der Waals surface area contributed by atoms with Gasteiger partial charge in [-0.05, 0) is 12.3 Å². The molecule has 0 saturated carbocycles. The Bertz CT molecular complexity index is 350. The van der Waals surface area contributed by atoms with Gasteiger partial charge in [0.15, 0.2) is 9.84 Å². The van der Waals surface area contributed by atoms with Gasteiger partial charge >= 0.3 is 0 Å². The van der Waals surface area contributed by atoms with Crippen molar-refractivity contribution in [2.24, 2.45) is 11.8 Å². The molecule has 0 aromatic carbocycles. The fourth-order valence-electron chi connectivity index (χ4n) is 1.24. The van der Waals surface area contributed by atoms with Gasteiger partial charge in [-0.1, -0.05) is 27.7 Å². The molecule has 0 saturated heterocycles. The summed E-state index contributed by atoms with van der Waals surface area (Å²) >= 11 is 0. The highest BCUT2D eigenvalue weighted by molar-refractivity contribution is 7.91. The molecule has 0 aromatic heterocycles. The Balaban J connectivity index is 3.72. The summed E-state index contributed by atoms with van der Waals surface area (Å²) in [7, 11) is -3.14. The zero-order valence-electron chi connectivity index (χ0n) is 12.4. The van der Waals surface area contributed by atoms with E-state index in [1.807, 2.05) is 0 Å². The number of rotatable bonds is 10. The Kier molecular flexibility index (Phi) is 9.01. The topological polar surface area (TPSA) is 72.5 Å². The molecule has 1 N–H and O–H groups in total. The predicted octanol–water partition coefficient (Wildman–Crippen LogP) is 1.24. The maximum atomic E-state index is 11.6. The number of hydrogen-bond donors (Lipinski definition) is 1. The number of carbonyl (C=O) groups is 1. The molecular weight excluding hydrogens is 266 g/mol. The quantitative estimate of drug-likeness (QED) is 0.615. The molecule has 0 unspecified atom stereocenters. The summed E-state index contributed by atoms with van der Waals surface area (Å²) in [5.41, 5.74) is 0. The number of carbonyl (C=O) groups excluding carboxylic acids is 1. The average Bonchev–Trinajstić information content (AvgIpc) is 2.27. The summed E-state index contributed by atoms with van der Waals surface area (Å²) in [5, 5.41) is 2.60. The van der Waals surface area contributed by atoms with E-state index in [0.717, 1.165) is 6.42 Å². The number of hydrogen-bond acceptors (Lipinski definition) is 4. The lowest BCUT2D eigenvalue weighted by molar-refractivity contribution is -0.123. The first-order valence-corrected chi connectivity index (χ1v) is 8.62. The van der Waals surface area contributed by atoms with E-state index < -0.39 is 9.84 Å². The summed E-state index contributed by atoms with van der Waals surface area (Å²) in [5.74, 6) is 0.301. The second kappa shape index (κ2) is 9.31. The minimum Gasteiger partial charge on any atom is -0.380 e. The van der Waals surface area contributed by atoms with Gasteiger partial charge < -0.3 is 10.1 Å². The van der Waals surface area contributed by atoms with Crippen LogP contribution >= 0.6 is 0 Å². The van der Waals surface area contributed by atoms with Crippen LogP contribution in [0.2, 0.25) is 0 Å². The van der Waals surface area contributed by atoms with Crippen LogP contribution in [0.4, 0.5) is 0 Å². The summed E-state index contributed by atoms with van der Waals surface area (Å²) in [4.78, 5) is 11.3. The fraction of sp³-hybridized carbons (Fsp3) is 0.923. The molecule has 0 heterocycles. The van der Waals surface area contributed by atoms with Crippen LogP contribution < -0.4 is 5.32 Å². The third-order valence-electron chi connectivity index (χ3n) is 2.61. The predicted molar refractivity (Wildman–Crippen MR) is 76.8 cm³/mol. The van der Waals surface area contributed by atoms with Crippen molar-refractivity contribution >= 4 is 15.7 Å². The van der Waals surface area contributed by atoms with E-state index in [0.29, 0.717) is 12.5 Å². The lowest BCUT2D eigenvalue weighted by Crippen LogP contribution is -2.33. The number of nitrogens with one attached hydrogen (secondary N) is 1. The van der Waals surface area contributed by atoms with Crippen molar-refractivity contribution in [3.63, 3.8) is 0 Å². The summed E-state index contributed by atoms with van der Waals surface area (Å²) in [6, 6.07) is 0. The molecule has 0 radical (unpaired) electrons. The van der Waals surface area contributed by atoms with Crippen molar-refractivity contribution in [3.8, 4) is 0 Å². The lowest BCUT2D eigenvalue weighted by atomic mass is 10.1. The molecule has 19 heavy (non-hydrogen) atoms. The van der Waals surface area contributed by atoms with E-state index in [9.17, 15) is 13.2 Å². The van der Waals surface area contributed by atoms with Gasteiger partial charge in [0, 0.05) is 19.1 Å². The average molecular weight is 293 g/mol. The SMILES string of the molecule is CC(C)CCOCCS(=O)(=O)CCNC(=O)C(C)C. The van der Waals surface area contributed by atoms with E-state index in [1.165, 1.54) is 0 Å². The van der Waals surface area contributed by atoms with Crippen molar-refractivity contribution in [2.45, 2.75) is 34.1 Å². The first-order valence-electron chi connectivity index (χ1n) is 6.80. The van der Waals surface area contributed by atoms with Gasteiger partial charge in [0.25, 0.3) is 0 Å². The zero-order chi connectivity index (χ0) is 14.9. The largest absolute Gasteiger partial charge is 0.380 e. The maximum Gasteiger partial charge on any atom is 0.222 e. The highest BCUT2D eigenvalue weighted by Crippen LogP contribution is 1.99. The molecular formula is C13H27NO4S. The molecule has 1 amide bonds. The lowest BCUT2D eigenvalue weighted by Gasteiger charge is -2.09. The van der Waals surface area contributed by atoms with Crippen molar-refractivity contribution in [2.75, 3.05) is 31.3 Å². The van der Waals surface area contributed by atoms with E-state index >= 15 is 0 Å². The molecule has 0 atom stereocenters. The van der Waals surface area contributed by atoms with Gasteiger partial charge in [0.2, 0.25) is 5.91 Å². The van der Waals surface area contributed by atoms with Crippen LogP contribution in [0.25, 0.3) is 0 Å². The zero-order valence-corrected chi connectivity index (χ0v) is 13.3. The molecule has 6 heteroatoms. The van der Waals surface area contributed by atoms with Crippen LogP contribution in [0.3, 0.4) is 0 Å². The van der Waals surface area contributed by atoms with Gasteiger partial charge in [0.05, 0.1) is 18.1 Å². The number of ether oxygens (including phenoxy) is 1. The normalized spacial score (nSPS) is 12.1. The van der Waals surface area contributed by atoms with Crippen LogP contribution in [-0.2, 0) is 19.4 Å². The Morgan fingerprint density at radius 3 is 2.26 bits per heavy atom. The summed E-state index contributed by atoms with van der Waals surface area (Å²) in [6.07, 6.45) is 0.935. The van der Waals surface area contributed by atoms with Gasteiger partial charge in [-0.15, -0.1) is 0 Å². The Hall–Kier alpha value is -0.620. The van der Waals surface area contributed by atoms with Gasteiger partial charge in [-0.3, -0.25) is 4.79 Å². The number of sulfone groups is 1. The molecule has 0 aliphatic heterocycles. The Labute approximate surface area is 117 Å². The minimum atomic E-state index is -3.14. The molecule has 0 fully saturated rings. The van der Waals surface area contributed by atoms with Crippen LogP contribution in [0, 0.1) is 11.8 Å². The highest BCUT2D eigenvalue weighted by atomic mass is 32.2. The molecule has 0 aromatic rings. The van der Waals surface area contributed by atoms with Gasteiger partial charge in [-0.25, -0.2) is 8.42 Å². The Morgan fingerprint density at radius 1 is 1.11 bits per heavy atom. The van der Waals surface area contributed by atoms with Crippen LogP contribution in [0.5, 0.6) is 0 Å². The first kappa shape index (κ1) is 18.4. The molecule has 114 valence electrons. The second-order valence-electron chi connectivity index (χ2n) is 5.39. The monoisotopic (exact) mass is 293 g/mol. The van der Waals surface area contributed by atoms with Gasteiger partial charge in [-0.2, -0.15) is 0 Å². The van der Waals surface area contributed by atoms with Crippen molar-refractivity contribution in [1.82, 2.24) is 5.32 Å². The van der Waals surface area contributed by atoms with Crippen molar-refractivity contribution in [1.29, 1.82) is 0 Å². The summed E-state index contributed by atoms with van der Waals surface area (Å²) in [6.45, 7) is 8.73. The second-order valence-corrected chi connectivity index (χ2v) is 7.70. The Morgan fingerprint density at radius 2 is 1.74 bits per heavy atom. The van der Waals surface area contributed by atoms with E-state index in [1.54, 1.807) is 13.8 Å². The van der Waals surface area contributed by atoms with Crippen molar-refractivity contribution in [3.05, 3.63) is 0 Å². The molecule has 0 rings (SSSR count). The smallest absolute Gasteiger partial charge is 0.222 e. The number of amides is 1. The molecule has 0 bridgehead atoms. The van der Waals surface area contributed by atoms with Crippen LogP contribution in [-0.4, -0.2) is 45.6 Å². The third kappa shape index (κ3) is 10.9. The summed E-state index contributed by atoms with van der Waals surface area (Å²) < 4.78 is 28.6. The van der Waals surface area contributed by atoms with Gasteiger partial charge in [0.1, 0.15) is 0 Å². The van der Waals surface area contributed by atoms with E-state index in [2.05, 4.69) is 19.2 Å². The molecule has 0 spiro atoms. The van der Waals surface area contributed by atoms with E-state index in [-0.39, 0.29) is 36.5 Å². The van der Waals surface area contributed by atoms with E-state index in [4.69, 9.17) is 4.74 Å². The molecule has 5 nitrogen and oxygen atoms in total. The van der Waals surface area contributed by atoms with Crippen LogP contribution in [0.1, 0.15) is 34.1 Å². The third-order valence-corrected chi connectivity index (χ3v) is 4.23. The molecule has 0 aliphatic carbocycles. The fourth-order valence-corrected chi connectivity index (χ4v) is 2.23. The molecule has 0 aliphatic rings. The first-order chi connectivity index (χ1) is 8.74. The van der Waals surface area contributed by atoms with Crippen molar-refractivity contribution < 1.29 is 17.9 Å². The highest BCUT2D eigenvalue weighted by Gasteiger charge is 2.12.